The maximum absolute atomic E-state index is 10.2. The Kier molecular flexibility index (Phi) is 6.55. The van der Waals surface area contributed by atoms with Crippen molar-refractivity contribution in [2.75, 3.05) is 0 Å². The van der Waals surface area contributed by atoms with Crippen molar-refractivity contribution in [2.24, 2.45) is 9.98 Å². The lowest BCUT2D eigenvalue weighted by atomic mass is 10.0. The Hall–Kier alpha value is -4.98. The smallest absolute Gasteiger partial charge is 0.141 e. The molecule has 4 aromatic rings. The van der Waals surface area contributed by atoms with E-state index in [1.54, 1.807) is 24.3 Å². The molecule has 0 aliphatic rings. The molecule has 4 rings (SSSR count). The molecule has 0 unspecified atom stereocenters. The topological polar surface area (TPSA) is 146 Å². The number of phenolic OH excluding ortho intramolecular Hbond substituents is 6. The fourth-order valence-corrected chi connectivity index (χ4v) is 3.36. The van der Waals surface area contributed by atoms with Gasteiger partial charge in [0.25, 0.3) is 0 Å². The Labute approximate surface area is 200 Å². The number of rotatable bonds is 6. The number of benzene rings is 4. The average molecular weight is 470 g/mol. The number of hydrogen-bond donors (Lipinski definition) is 6. The molecule has 0 aliphatic carbocycles. The maximum Gasteiger partial charge on any atom is 0.141 e. The predicted octanol–water partition coefficient (Wildman–Crippen LogP) is 5.01. The van der Waals surface area contributed by atoms with Gasteiger partial charge in [0.1, 0.15) is 45.9 Å². The van der Waals surface area contributed by atoms with Gasteiger partial charge >= 0.3 is 0 Å². The molecule has 0 atom stereocenters. The van der Waals surface area contributed by atoms with E-state index in [1.807, 2.05) is 0 Å². The molecule has 35 heavy (non-hydrogen) atoms. The quantitative estimate of drug-likeness (QED) is 0.218. The predicted molar refractivity (Wildman–Crippen MR) is 133 cm³/mol. The number of phenols is 6. The third-order valence-electron chi connectivity index (χ3n) is 5.20. The van der Waals surface area contributed by atoms with E-state index in [4.69, 9.17) is 0 Å². The Morgan fingerprint density at radius 1 is 0.486 bits per heavy atom. The zero-order valence-electron chi connectivity index (χ0n) is 18.4. The van der Waals surface area contributed by atoms with Crippen molar-refractivity contribution in [3.8, 4) is 34.5 Å². The van der Waals surface area contributed by atoms with Crippen LogP contribution in [0.1, 0.15) is 22.3 Å². The highest BCUT2D eigenvalue weighted by Crippen LogP contribution is 2.32. The largest absolute Gasteiger partial charge is 0.508 e. The van der Waals surface area contributed by atoms with Crippen molar-refractivity contribution in [1.29, 1.82) is 0 Å². The van der Waals surface area contributed by atoms with Crippen LogP contribution in [0.4, 0.5) is 11.4 Å². The third-order valence-corrected chi connectivity index (χ3v) is 5.20. The molecule has 0 saturated carbocycles. The number of nitrogens with zero attached hydrogens (tertiary/aromatic N) is 2. The van der Waals surface area contributed by atoms with Crippen LogP contribution in [0.25, 0.3) is 0 Å². The molecule has 0 radical (unpaired) electrons. The van der Waals surface area contributed by atoms with Crippen molar-refractivity contribution < 1.29 is 30.6 Å². The van der Waals surface area contributed by atoms with E-state index in [-0.39, 0.29) is 34.5 Å². The summed E-state index contributed by atoms with van der Waals surface area (Å²) in [6, 6.07) is 18.2. The van der Waals surface area contributed by atoms with Crippen LogP contribution >= 0.6 is 0 Å². The van der Waals surface area contributed by atoms with Crippen LogP contribution in [-0.2, 0) is 6.42 Å². The van der Waals surface area contributed by atoms with Crippen LogP contribution in [0.3, 0.4) is 0 Å². The summed E-state index contributed by atoms with van der Waals surface area (Å²) in [5.41, 5.74) is 3.04. The van der Waals surface area contributed by atoms with E-state index in [1.165, 1.54) is 61.0 Å². The normalized spacial score (nSPS) is 11.4. The molecule has 0 amide bonds. The van der Waals surface area contributed by atoms with Crippen LogP contribution < -0.4 is 0 Å². The second-order valence-electron chi connectivity index (χ2n) is 7.83. The molecule has 0 fully saturated rings. The molecule has 6 N–H and O–H groups in total. The first-order valence-electron chi connectivity index (χ1n) is 10.5. The van der Waals surface area contributed by atoms with Crippen molar-refractivity contribution in [2.45, 2.75) is 6.42 Å². The number of hydrogen-bond acceptors (Lipinski definition) is 8. The lowest BCUT2D eigenvalue weighted by molar-refractivity contribution is 0.449. The van der Waals surface area contributed by atoms with Crippen molar-refractivity contribution in [3.63, 3.8) is 0 Å². The summed E-state index contributed by atoms with van der Waals surface area (Å²) in [4.78, 5) is 8.51. The summed E-state index contributed by atoms with van der Waals surface area (Å²) in [5.74, 6) is -0.478. The number of aromatic hydroxyl groups is 6. The van der Waals surface area contributed by atoms with E-state index in [9.17, 15) is 30.6 Å². The summed E-state index contributed by atoms with van der Waals surface area (Å²) in [6.07, 6.45) is 3.24. The highest BCUT2D eigenvalue weighted by atomic mass is 16.3. The zero-order chi connectivity index (χ0) is 24.9. The number of aliphatic imine (C=N–C) groups is 2. The second-order valence-corrected chi connectivity index (χ2v) is 7.83. The molecule has 0 aromatic heterocycles. The van der Waals surface area contributed by atoms with Crippen LogP contribution in [0.5, 0.6) is 34.5 Å². The Morgan fingerprint density at radius 2 is 0.914 bits per heavy atom. The van der Waals surface area contributed by atoms with E-state index in [2.05, 4.69) is 9.98 Å². The van der Waals surface area contributed by atoms with Gasteiger partial charge in [0, 0.05) is 35.7 Å². The van der Waals surface area contributed by atoms with Crippen LogP contribution in [0, 0.1) is 0 Å². The maximum atomic E-state index is 10.2. The van der Waals surface area contributed by atoms with Crippen LogP contribution in [0.2, 0.25) is 0 Å². The zero-order valence-corrected chi connectivity index (χ0v) is 18.4. The molecular formula is C27H22N2O6. The Balaban J connectivity index is 1.55. The fraction of sp³-hybridized carbons (Fsp3) is 0.0370. The molecule has 8 nitrogen and oxygen atoms in total. The van der Waals surface area contributed by atoms with E-state index in [0.717, 1.165) is 11.1 Å². The van der Waals surface area contributed by atoms with Crippen LogP contribution in [-0.4, -0.2) is 43.1 Å². The average Bonchev–Trinajstić information content (AvgIpc) is 2.81. The minimum Gasteiger partial charge on any atom is -0.508 e. The van der Waals surface area contributed by atoms with Gasteiger partial charge in [-0.25, -0.2) is 0 Å². The SMILES string of the molecule is Oc1ccc(C=Nc2cc(Cc3ccc(O)c(N=Cc4ccc(O)cc4O)c3)ccc2O)c(O)c1. The summed E-state index contributed by atoms with van der Waals surface area (Å²) in [6.45, 7) is 0. The fourth-order valence-electron chi connectivity index (χ4n) is 3.36. The van der Waals surface area contributed by atoms with Gasteiger partial charge in [0.2, 0.25) is 0 Å². The van der Waals surface area contributed by atoms with Crippen molar-refractivity contribution in [3.05, 3.63) is 95.1 Å². The van der Waals surface area contributed by atoms with Gasteiger partial charge in [0.15, 0.2) is 0 Å². The first kappa shape index (κ1) is 23.2. The summed E-state index contributed by atoms with van der Waals surface area (Å²) < 4.78 is 0. The van der Waals surface area contributed by atoms with Gasteiger partial charge in [0.05, 0.1) is 0 Å². The first-order valence-corrected chi connectivity index (χ1v) is 10.5. The lowest BCUT2D eigenvalue weighted by Gasteiger charge is -2.07. The molecule has 0 bridgehead atoms. The minimum absolute atomic E-state index is 0.0343. The van der Waals surface area contributed by atoms with Gasteiger partial charge in [-0.3, -0.25) is 9.98 Å². The van der Waals surface area contributed by atoms with Gasteiger partial charge in [-0.05, 0) is 66.1 Å². The molecule has 0 aliphatic heterocycles. The minimum atomic E-state index is -0.137. The van der Waals surface area contributed by atoms with E-state index in [0.29, 0.717) is 28.9 Å². The lowest BCUT2D eigenvalue weighted by Crippen LogP contribution is -1.89. The van der Waals surface area contributed by atoms with Gasteiger partial charge in [-0.2, -0.15) is 0 Å². The van der Waals surface area contributed by atoms with Crippen molar-refractivity contribution >= 4 is 23.8 Å². The van der Waals surface area contributed by atoms with E-state index >= 15 is 0 Å². The molecule has 176 valence electrons. The highest BCUT2D eigenvalue weighted by molar-refractivity contribution is 5.87. The highest BCUT2D eigenvalue weighted by Gasteiger charge is 2.07. The molecule has 8 heteroatoms. The Morgan fingerprint density at radius 3 is 1.31 bits per heavy atom. The van der Waals surface area contributed by atoms with Gasteiger partial charge in [-0.15, -0.1) is 0 Å². The van der Waals surface area contributed by atoms with E-state index < -0.39 is 0 Å². The summed E-state index contributed by atoms with van der Waals surface area (Å²) in [5, 5.41) is 59.0. The van der Waals surface area contributed by atoms with Crippen LogP contribution in [0.15, 0.2) is 82.8 Å². The summed E-state index contributed by atoms with van der Waals surface area (Å²) in [7, 11) is 0. The second kappa shape index (κ2) is 9.88. The van der Waals surface area contributed by atoms with Gasteiger partial charge < -0.3 is 30.6 Å². The molecule has 4 aromatic carbocycles. The molecule has 0 saturated heterocycles. The van der Waals surface area contributed by atoms with Crippen molar-refractivity contribution in [1.82, 2.24) is 0 Å². The molecule has 0 spiro atoms. The summed E-state index contributed by atoms with van der Waals surface area (Å²) >= 11 is 0. The third kappa shape index (κ3) is 5.69. The molecular weight excluding hydrogens is 448 g/mol. The van der Waals surface area contributed by atoms with Gasteiger partial charge in [-0.1, -0.05) is 12.1 Å². The Bertz CT molecular complexity index is 1340. The first-order chi connectivity index (χ1) is 16.8. The standard InChI is InChI=1S/C27H22N2O6/c30-20-5-3-18(26(34)12-20)14-28-22-10-16(1-7-24(22)32)9-17-2-8-25(33)23(11-17)29-15-19-4-6-21(31)13-27(19)35/h1-8,10-15,30-35H,9H2. The molecule has 0 heterocycles. The monoisotopic (exact) mass is 470 g/mol.